The Hall–Kier alpha value is -1.76. The molecular formula is C18H25N3O3. The monoisotopic (exact) mass is 331 g/mol. The molecule has 0 spiro atoms. The highest BCUT2D eigenvalue weighted by molar-refractivity contribution is 5.16. The molecular weight excluding hydrogens is 306 g/mol. The summed E-state index contributed by atoms with van der Waals surface area (Å²) in [4.78, 5) is 4.04. The van der Waals surface area contributed by atoms with Gasteiger partial charge in [0.2, 0.25) is 0 Å². The number of hydrogen-bond donors (Lipinski definition) is 1. The fourth-order valence-electron chi connectivity index (χ4n) is 3.12. The number of benzene rings is 1. The van der Waals surface area contributed by atoms with Crippen LogP contribution in [-0.2, 0) is 15.9 Å². The van der Waals surface area contributed by atoms with E-state index in [2.05, 4.69) is 22.2 Å². The zero-order chi connectivity index (χ0) is 17.0. The Morgan fingerprint density at radius 2 is 2.00 bits per heavy atom. The van der Waals surface area contributed by atoms with E-state index < -0.39 is 11.5 Å². The van der Waals surface area contributed by atoms with Crippen molar-refractivity contribution >= 4 is 0 Å². The van der Waals surface area contributed by atoms with Crippen molar-refractivity contribution in [3.8, 4) is 0 Å². The lowest BCUT2D eigenvalue weighted by atomic mass is 9.79. The third-order valence-electron chi connectivity index (χ3n) is 4.67. The summed E-state index contributed by atoms with van der Waals surface area (Å²) in [6, 6.07) is 9.87. The summed E-state index contributed by atoms with van der Waals surface area (Å²) in [6.45, 7) is 4.95. The topological polar surface area (TPSA) is 69.4 Å². The largest absolute Gasteiger partial charge is 0.390 e. The molecule has 0 amide bonds. The highest BCUT2D eigenvalue weighted by Crippen LogP contribution is 2.35. The van der Waals surface area contributed by atoms with Crippen molar-refractivity contribution in [2.24, 2.45) is 5.41 Å². The Kier molecular flexibility index (Phi) is 5.28. The maximum Gasteiger partial charge on any atom is 0.157 e. The third kappa shape index (κ3) is 3.66. The van der Waals surface area contributed by atoms with E-state index in [4.69, 9.17) is 9.47 Å². The number of hydrogen-bond acceptors (Lipinski definition) is 5. The van der Waals surface area contributed by atoms with Crippen LogP contribution in [0.5, 0.6) is 0 Å². The predicted molar refractivity (Wildman–Crippen MR) is 89.3 cm³/mol. The van der Waals surface area contributed by atoms with E-state index in [0.29, 0.717) is 19.6 Å². The standard InChI is InChI=1S/C18H25N3O3/c1-3-16-23-10-18(2,11-24-16)17(22)15(21-13-19-12-20-21)9-14-7-5-4-6-8-14/h4-8,12-13,15-17,22H,3,9-11H2,1-2H3. The van der Waals surface area contributed by atoms with Crippen LogP contribution in [0.2, 0.25) is 0 Å². The number of rotatable bonds is 6. The van der Waals surface area contributed by atoms with E-state index in [9.17, 15) is 5.11 Å². The van der Waals surface area contributed by atoms with Gasteiger partial charge in [-0.2, -0.15) is 5.10 Å². The van der Waals surface area contributed by atoms with Gasteiger partial charge in [-0.05, 0) is 18.4 Å². The molecule has 24 heavy (non-hydrogen) atoms. The fourth-order valence-corrected chi connectivity index (χ4v) is 3.12. The Labute approximate surface area is 142 Å². The Bertz CT molecular complexity index is 610. The second kappa shape index (κ2) is 7.42. The van der Waals surface area contributed by atoms with Gasteiger partial charge in [-0.25, -0.2) is 9.67 Å². The van der Waals surface area contributed by atoms with Crippen molar-refractivity contribution in [3.63, 3.8) is 0 Å². The molecule has 2 aromatic rings. The first kappa shape index (κ1) is 17.1. The van der Waals surface area contributed by atoms with Gasteiger partial charge in [0.25, 0.3) is 0 Å². The molecule has 130 valence electrons. The lowest BCUT2D eigenvalue weighted by Gasteiger charge is -2.42. The third-order valence-corrected chi connectivity index (χ3v) is 4.67. The van der Waals surface area contributed by atoms with E-state index in [1.807, 2.05) is 32.0 Å². The Balaban J connectivity index is 1.80. The van der Waals surface area contributed by atoms with Gasteiger partial charge in [0.15, 0.2) is 6.29 Å². The maximum atomic E-state index is 11.1. The van der Waals surface area contributed by atoms with Crippen LogP contribution in [0.4, 0.5) is 0 Å². The minimum atomic E-state index is -0.669. The van der Waals surface area contributed by atoms with Crippen molar-refractivity contribution in [1.29, 1.82) is 0 Å². The average Bonchev–Trinajstić information content (AvgIpc) is 3.15. The van der Waals surface area contributed by atoms with Crippen LogP contribution in [0.25, 0.3) is 0 Å². The van der Waals surface area contributed by atoms with Gasteiger partial charge in [0, 0.05) is 5.41 Å². The molecule has 0 radical (unpaired) electrons. The number of ether oxygens (including phenoxy) is 2. The number of aliphatic hydroxyl groups is 1. The highest BCUT2D eigenvalue weighted by atomic mass is 16.7. The van der Waals surface area contributed by atoms with Gasteiger partial charge in [0.05, 0.1) is 25.4 Å². The highest BCUT2D eigenvalue weighted by Gasteiger charge is 2.43. The van der Waals surface area contributed by atoms with Crippen LogP contribution >= 0.6 is 0 Å². The lowest BCUT2D eigenvalue weighted by molar-refractivity contribution is -0.249. The zero-order valence-corrected chi connectivity index (χ0v) is 14.2. The summed E-state index contributed by atoms with van der Waals surface area (Å²) in [5.41, 5.74) is 0.654. The number of nitrogens with zero attached hydrogens (tertiary/aromatic N) is 3. The molecule has 1 fully saturated rings. The molecule has 2 unspecified atom stereocenters. The number of aromatic nitrogens is 3. The molecule has 1 aromatic heterocycles. The molecule has 6 nitrogen and oxygen atoms in total. The maximum absolute atomic E-state index is 11.1. The second-order valence-electron chi connectivity index (χ2n) is 6.69. The van der Waals surface area contributed by atoms with Crippen LogP contribution < -0.4 is 0 Å². The van der Waals surface area contributed by atoms with E-state index in [0.717, 1.165) is 12.0 Å². The molecule has 1 aliphatic heterocycles. The molecule has 1 aliphatic rings. The van der Waals surface area contributed by atoms with Gasteiger partial charge in [-0.15, -0.1) is 0 Å². The molecule has 1 saturated heterocycles. The summed E-state index contributed by atoms with van der Waals surface area (Å²) in [6.07, 6.45) is 3.77. The molecule has 2 atom stereocenters. The first-order valence-electron chi connectivity index (χ1n) is 8.41. The van der Waals surface area contributed by atoms with Crippen LogP contribution in [-0.4, -0.2) is 45.5 Å². The molecule has 0 aliphatic carbocycles. The van der Waals surface area contributed by atoms with Crippen molar-refractivity contribution in [3.05, 3.63) is 48.5 Å². The molecule has 0 saturated carbocycles. The zero-order valence-electron chi connectivity index (χ0n) is 14.2. The summed E-state index contributed by atoms with van der Waals surface area (Å²) in [7, 11) is 0. The molecule has 0 bridgehead atoms. The fraction of sp³-hybridized carbons (Fsp3) is 0.556. The molecule has 3 rings (SSSR count). The quantitative estimate of drug-likeness (QED) is 0.879. The van der Waals surface area contributed by atoms with Gasteiger partial charge < -0.3 is 14.6 Å². The van der Waals surface area contributed by atoms with Crippen molar-refractivity contribution in [2.45, 2.75) is 45.1 Å². The van der Waals surface area contributed by atoms with Crippen LogP contribution in [0.15, 0.2) is 43.0 Å². The minimum absolute atomic E-state index is 0.177. The summed E-state index contributed by atoms with van der Waals surface area (Å²) >= 11 is 0. The van der Waals surface area contributed by atoms with E-state index in [-0.39, 0.29) is 12.3 Å². The van der Waals surface area contributed by atoms with E-state index in [1.54, 1.807) is 11.0 Å². The van der Waals surface area contributed by atoms with E-state index >= 15 is 0 Å². The molecule has 6 heteroatoms. The summed E-state index contributed by atoms with van der Waals surface area (Å²) in [5, 5.41) is 15.4. The molecule has 1 N–H and O–H groups in total. The number of aliphatic hydroxyl groups excluding tert-OH is 1. The van der Waals surface area contributed by atoms with Gasteiger partial charge in [0.1, 0.15) is 12.7 Å². The van der Waals surface area contributed by atoms with Crippen LogP contribution in [0.1, 0.15) is 31.9 Å². The first-order chi connectivity index (χ1) is 11.6. The normalized spacial score (nSPS) is 26.9. The summed E-state index contributed by atoms with van der Waals surface area (Å²) < 4.78 is 13.2. The van der Waals surface area contributed by atoms with Crippen molar-refractivity contribution in [2.75, 3.05) is 13.2 Å². The predicted octanol–water partition coefficient (Wildman–Crippen LogP) is 2.21. The molecule has 1 aromatic carbocycles. The van der Waals surface area contributed by atoms with Crippen molar-refractivity contribution < 1.29 is 14.6 Å². The lowest BCUT2D eigenvalue weighted by Crippen LogP contribution is -2.50. The van der Waals surface area contributed by atoms with Gasteiger partial charge in [-0.1, -0.05) is 44.2 Å². The average molecular weight is 331 g/mol. The minimum Gasteiger partial charge on any atom is -0.390 e. The Morgan fingerprint density at radius 1 is 1.29 bits per heavy atom. The summed E-state index contributed by atoms with van der Waals surface area (Å²) in [5.74, 6) is 0. The van der Waals surface area contributed by atoms with Crippen LogP contribution in [0, 0.1) is 5.41 Å². The second-order valence-corrected chi connectivity index (χ2v) is 6.69. The first-order valence-corrected chi connectivity index (χ1v) is 8.41. The van der Waals surface area contributed by atoms with E-state index in [1.165, 1.54) is 6.33 Å². The molecule has 2 heterocycles. The SMILES string of the molecule is CCC1OCC(C)(C(O)C(Cc2ccccc2)n2cncn2)CO1. The van der Waals surface area contributed by atoms with Crippen molar-refractivity contribution in [1.82, 2.24) is 14.8 Å². The van der Waals surface area contributed by atoms with Crippen LogP contribution in [0.3, 0.4) is 0 Å². The Morgan fingerprint density at radius 3 is 2.58 bits per heavy atom. The van der Waals surface area contributed by atoms with Gasteiger partial charge in [-0.3, -0.25) is 0 Å². The smallest absolute Gasteiger partial charge is 0.157 e. The van der Waals surface area contributed by atoms with Gasteiger partial charge >= 0.3 is 0 Å².